The van der Waals surface area contributed by atoms with Gasteiger partial charge >= 0.3 is 0 Å². The summed E-state index contributed by atoms with van der Waals surface area (Å²) in [7, 11) is 1.83. The Morgan fingerprint density at radius 2 is 1.81 bits per heavy atom. The summed E-state index contributed by atoms with van der Waals surface area (Å²) in [5.41, 5.74) is 2.65. The molecule has 4 nitrogen and oxygen atoms in total. The lowest BCUT2D eigenvalue weighted by Gasteiger charge is -2.24. The SMILES string of the molecule is CN(Cc1ccc(Cl)cc1)C(=O)c1cc2ccccc2nc1N1CCCC1. The predicted molar refractivity (Wildman–Crippen MR) is 110 cm³/mol. The van der Waals surface area contributed by atoms with Gasteiger partial charge in [0.15, 0.2) is 0 Å². The van der Waals surface area contributed by atoms with Crippen LogP contribution in [-0.2, 0) is 6.54 Å². The Hall–Kier alpha value is -2.59. The molecule has 2 heterocycles. The van der Waals surface area contributed by atoms with Crippen LogP contribution in [0, 0.1) is 0 Å². The Bertz CT molecular complexity index is 965. The van der Waals surface area contributed by atoms with Crippen LogP contribution >= 0.6 is 11.6 Å². The van der Waals surface area contributed by atoms with E-state index in [1.54, 1.807) is 4.90 Å². The third kappa shape index (κ3) is 3.76. The van der Waals surface area contributed by atoms with E-state index in [0.717, 1.165) is 48.2 Å². The van der Waals surface area contributed by atoms with Crippen molar-refractivity contribution in [3.8, 4) is 0 Å². The molecule has 0 saturated carbocycles. The second-order valence-corrected chi connectivity index (χ2v) is 7.47. The first kappa shape index (κ1) is 17.8. The molecule has 1 aliphatic heterocycles. The smallest absolute Gasteiger partial charge is 0.257 e. The first-order chi connectivity index (χ1) is 13.1. The number of aromatic nitrogens is 1. The Morgan fingerprint density at radius 3 is 2.56 bits per heavy atom. The highest BCUT2D eigenvalue weighted by Crippen LogP contribution is 2.28. The standard InChI is InChI=1S/C22H22ClN3O/c1-25(15-16-8-10-18(23)11-9-16)22(27)19-14-17-6-2-3-7-20(17)24-21(19)26-12-4-5-13-26/h2-3,6-11,14H,4-5,12-13,15H2,1H3. The monoisotopic (exact) mass is 379 g/mol. The lowest BCUT2D eigenvalue weighted by molar-refractivity contribution is 0.0785. The molecule has 3 aromatic rings. The van der Waals surface area contributed by atoms with Crippen LogP contribution in [0.5, 0.6) is 0 Å². The maximum absolute atomic E-state index is 13.3. The van der Waals surface area contributed by atoms with E-state index in [2.05, 4.69) is 4.90 Å². The number of amides is 1. The first-order valence-corrected chi connectivity index (χ1v) is 9.64. The molecule has 0 N–H and O–H groups in total. The van der Waals surface area contributed by atoms with E-state index >= 15 is 0 Å². The fraction of sp³-hybridized carbons (Fsp3) is 0.273. The molecule has 1 aromatic heterocycles. The van der Waals surface area contributed by atoms with Crippen LogP contribution in [0.15, 0.2) is 54.6 Å². The largest absolute Gasteiger partial charge is 0.356 e. The number of carbonyl (C=O) groups is 1. The highest BCUT2D eigenvalue weighted by Gasteiger charge is 2.24. The zero-order valence-corrected chi connectivity index (χ0v) is 16.1. The van der Waals surface area contributed by atoms with E-state index in [1.165, 1.54) is 0 Å². The van der Waals surface area contributed by atoms with Gasteiger partial charge in [-0.05, 0) is 42.7 Å². The van der Waals surface area contributed by atoms with Crippen molar-refractivity contribution in [2.45, 2.75) is 19.4 Å². The van der Waals surface area contributed by atoms with E-state index in [4.69, 9.17) is 16.6 Å². The second kappa shape index (κ2) is 7.57. The summed E-state index contributed by atoms with van der Waals surface area (Å²) in [6.07, 6.45) is 2.28. The average Bonchev–Trinajstić information content (AvgIpc) is 3.23. The molecule has 4 rings (SSSR count). The Kier molecular flexibility index (Phi) is 4.99. The van der Waals surface area contributed by atoms with Gasteiger partial charge in [0.1, 0.15) is 5.82 Å². The van der Waals surface area contributed by atoms with Crippen molar-refractivity contribution in [3.05, 3.63) is 70.7 Å². The molecule has 0 spiro atoms. The molecule has 138 valence electrons. The van der Waals surface area contributed by atoms with Gasteiger partial charge < -0.3 is 9.80 Å². The van der Waals surface area contributed by atoms with Crippen molar-refractivity contribution >= 4 is 34.2 Å². The Labute approximate surface area is 164 Å². The molecule has 2 aromatic carbocycles. The average molecular weight is 380 g/mol. The summed E-state index contributed by atoms with van der Waals surface area (Å²) < 4.78 is 0. The van der Waals surface area contributed by atoms with Gasteiger partial charge in [-0.3, -0.25) is 4.79 Å². The van der Waals surface area contributed by atoms with Gasteiger partial charge in [0.05, 0.1) is 11.1 Å². The molecule has 1 saturated heterocycles. The number of carbonyl (C=O) groups excluding carboxylic acids is 1. The maximum atomic E-state index is 13.3. The number of anilines is 1. The van der Waals surface area contributed by atoms with Crippen molar-refractivity contribution in [3.63, 3.8) is 0 Å². The number of nitrogens with zero attached hydrogens (tertiary/aromatic N) is 3. The normalized spacial score (nSPS) is 13.9. The number of hydrogen-bond acceptors (Lipinski definition) is 3. The molecule has 1 amide bonds. The molecule has 0 radical (unpaired) electrons. The summed E-state index contributed by atoms with van der Waals surface area (Å²) >= 11 is 5.96. The number of halogens is 1. The first-order valence-electron chi connectivity index (χ1n) is 9.26. The van der Waals surface area contributed by atoms with Crippen molar-refractivity contribution in [1.29, 1.82) is 0 Å². The van der Waals surface area contributed by atoms with Crippen LogP contribution in [0.3, 0.4) is 0 Å². The Morgan fingerprint density at radius 1 is 1.11 bits per heavy atom. The summed E-state index contributed by atoms with van der Waals surface area (Å²) in [6, 6.07) is 17.6. The van der Waals surface area contributed by atoms with Crippen LogP contribution in [0.4, 0.5) is 5.82 Å². The fourth-order valence-electron chi connectivity index (χ4n) is 3.57. The minimum atomic E-state index is -0.00916. The number of para-hydroxylation sites is 1. The van der Waals surface area contributed by atoms with Gasteiger partial charge in [-0.2, -0.15) is 0 Å². The number of rotatable bonds is 4. The van der Waals surface area contributed by atoms with E-state index in [0.29, 0.717) is 17.1 Å². The van der Waals surface area contributed by atoms with Gasteiger partial charge in [-0.1, -0.05) is 41.9 Å². The summed E-state index contributed by atoms with van der Waals surface area (Å²) in [5, 5.41) is 1.69. The highest BCUT2D eigenvalue weighted by atomic mass is 35.5. The maximum Gasteiger partial charge on any atom is 0.257 e. The zero-order chi connectivity index (χ0) is 18.8. The van der Waals surface area contributed by atoms with Gasteiger partial charge in [0, 0.05) is 37.1 Å². The molecule has 0 atom stereocenters. The van der Waals surface area contributed by atoms with Gasteiger partial charge in [0.2, 0.25) is 0 Å². The summed E-state index contributed by atoms with van der Waals surface area (Å²) in [6.45, 7) is 2.43. The van der Waals surface area contributed by atoms with Crippen LogP contribution in [0.25, 0.3) is 10.9 Å². The highest BCUT2D eigenvalue weighted by molar-refractivity contribution is 6.30. The van der Waals surface area contributed by atoms with Crippen molar-refractivity contribution in [1.82, 2.24) is 9.88 Å². The minimum Gasteiger partial charge on any atom is -0.356 e. The molecule has 1 aliphatic rings. The van der Waals surface area contributed by atoms with Crippen molar-refractivity contribution < 1.29 is 4.79 Å². The lowest BCUT2D eigenvalue weighted by atomic mass is 10.1. The second-order valence-electron chi connectivity index (χ2n) is 7.03. The van der Waals surface area contributed by atoms with Crippen LogP contribution < -0.4 is 4.90 Å². The molecular formula is C22H22ClN3O. The fourth-order valence-corrected chi connectivity index (χ4v) is 3.70. The van der Waals surface area contributed by atoms with Gasteiger partial charge in [-0.25, -0.2) is 4.98 Å². The third-order valence-corrected chi connectivity index (χ3v) is 5.27. The quantitative estimate of drug-likeness (QED) is 0.655. The minimum absolute atomic E-state index is 0.00916. The number of benzene rings is 2. The van der Waals surface area contributed by atoms with Crippen LogP contribution in [0.2, 0.25) is 5.02 Å². The summed E-state index contributed by atoms with van der Waals surface area (Å²) in [4.78, 5) is 22.1. The number of fused-ring (bicyclic) bond motifs is 1. The van der Waals surface area contributed by atoms with E-state index in [1.807, 2.05) is 61.6 Å². The van der Waals surface area contributed by atoms with E-state index in [-0.39, 0.29) is 5.91 Å². The molecule has 0 bridgehead atoms. The summed E-state index contributed by atoms with van der Waals surface area (Å²) in [5.74, 6) is 0.796. The molecule has 0 aliphatic carbocycles. The molecule has 5 heteroatoms. The third-order valence-electron chi connectivity index (χ3n) is 5.02. The number of hydrogen-bond donors (Lipinski definition) is 0. The molecular weight excluding hydrogens is 358 g/mol. The van der Waals surface area contributed by atoms with Crippen LogP contribution in [0.1, 0.15) is 28.8 Å². The van der Waals surface area contributed by atoms with Gasteiger partial charge in [-0.15, -0.1) is 0 Å². The zero-order valence-electron chi connectivity index (χ0n) is 15.4. The van der Waals surface area contributed by atoms with E-state index in [9.17, 15) is 4.79 Å². The van der Waals surface area contributed by atoms with Crippen molar-refractivity contribution in [2.75, 3.05) is 25.0 Å². The molecule has 1 fully saturated rings. The molecule has 0 unspecified atom stereocenters. The number of pyridine rings is 1. The predicted octanol–water partition coefficient (Wildman–Crippen LogP) is 4.76. The van der Waals surface area contributed by atoms with E-state index < -0.39 is 0 Å². The van der Waals surface area contributed by atoms with Gasteiger partial charge in [0.25, 0.3) is 5.91 Å². The lowest BCUT2D eigenvalue weighted by Crippen LogP contribution is -2.30. The van der Waals surface area contributed by atoms with Crippen molar-refractivity contribution in [2.24, 2.45) is 0 Å². The Balaban J connectivity index is 1.68. The van der Waals surface area contributed by atoms with Crippen LogP contribution in [-0.4, -0.2) is 35.9 Å². The molecule has 27 heavy (non-hydrogen) atoms. The topological polar surface area (TPSA) is 36.4 Å².